The molecule has 41 heavy (non-hydrogen) atoms. The van der Waals surface area contributed by atoms with E-state index in [0.29, 0.717) is 21.9 Å². The fraction of sp³-hybridized carbons (Fsp3) is 0. The monoisotopic (exact) mass is 528 g/mol. The summed E-state index contributed by atoms with van der Waals surface area (Å²) in [4.78, 5) is 17.7. The van der Waals surface area contributed by atoms with Crippen molar-refractivity contribution in [2.75, 3.05) is 0 Å². The summed E-state index contributed by atoms with van der Waals surface area (Å²) in [7, 11) is 0. The predicted octanol–water partition coefficient (Wildman–Crippen LogP) is 9.00. The van der Waals surface area contributed by atoms with E-state index in [4.69, 9.17) is 8.83 Å². The van der Waals surface area contributed by atoms with Crippen LogP contribution in [0.3, 0.4) is 0 Å². The second-order valence-corrected chi connectivity index (χ2v) is 10.3. The van der Waals surface area contributed by atoms with Gasteiger partial charge in [-0.3, -0.25) is 9.78 Å². The van der Waals surface area contributed by atoms with Crippen molar-refractivity contribution in [2.24, 2.45) is 0 Å². The molecule has 4 heterocycles. The lowest BCUT2D eigenvalue weighted by molar-refractivity contribution is 0.660. The number of nitrogens with zero attached hydrogens (tertiary/aromatic N) is 2. The van der Waals surface area contributed by atoms with E-state index in [0.717, 1.165) is 60.6 Å². The van der Waals surface area contributed by atoms with E-state index in [1.165, 1.54) is 0 Å². The van der Waals surface area contributed by atoms with Gasteiger partial charge < -0.3 is 13.4 Å². The summed E-state index contributed by atoms with van der Waals surface area (Å²) in [6.45, 7) is 0. The van der Waals surface area contributed by atoms with Gasteiger partial charge in [-0.25, -0.2) is 0 Å². The Morgan fingerprint density at radius 2 is 1.22 bits per heavy atom. The van der Waals surface area contributed by atoms with E-state index >= 15 is 0 Å². The summed E-state index contributed by atoms with van der Waals surface area (Å²) in [6, 6.07) is 36.0. The Bertz CT molecular complexity index is 2550. The summed E-state index contributed by atoms with van der Waals surface area (Å²) in [5, 5.41) is 5.59. The molecule has 5 aromatic carbocycles. The molecule has 0 unspecified atom stereocenters. The minimum absolute atomic E-state index is 0.0164. The van der Waals surface area contributed by atoms with Gasteiger partial charge in [-0.1, -0.05) is 48.5 Å². The van der Waals surface area contributed by atoms with Crippen LogP contribution in [0.2, 0.25) is 0 Å². The predicted molar refractivity (Wildman–Crippen MR) is 165 cm³/mol. The van der Waals surface area contributed by atoms with Crippen LogP contribution in [0.25, 0.3) is 82.5 Å². The number of rotatable bonds is 2. The lowest BCUT2D eigenvalue weighted by atomic mass is 10.0. The van der Waals surface area contributed by atoms with Crippen LogP contribution in [-0.2, 0) is 0 Å². The van der Waals surface area contributed by atoms with Crippen molar-refractivity contribution >= 4 is 65.7 Å². The van der Waals surface area contributed by atoms with Crippen LogP contribution in [0.15, 0.2) is 135 Å². The highest BCUT2D eigenvalue weighted by atomic mass is 16.3. The summed E-state index contributed by atoms with van der Waals surface area (Å²) in [6.07, 6.45) is 3.77. The summed E-state index contributed by atoms with van der Waals surface area (Å²) in [5.74, 6) is 0. The zero-order chi connectivity index (χ0) is 27.1. The maximum absolute atomic E-state index is 13.2. The third kappa shape index (κ3) is 3.11. The Morgan fingerprint density at radius 1 is 0.537 bits per heavy atom. The molecule has 5 nitrogen and oxygen atoms in total. The molecule has 9 rings (SSSR count). The lowest BCUT2D eigenvalue weighted by Gasteiger charge is -2.10. The smallest absolute Gasteiger partial charge is 0.200 e. The van der Waals surface area contributed by atoms with Crippen molar-refractivity contribution in [1.82, 2.24) is 9.55 Å². The molecule has 0 radical (unpaired) electrons. The molecule has 0 saturated carbocycles. The van der Waals surface area contributed by atoms with E-state index in [1.807, 2.05) is 73.1 Å². The van der Waals surface area contributed by atoms with Crippen LogP contribution >= 0.6 is 0 Å². The molecule has 0 atom stereocenters. The molecule has 0 fully saturated rings. The first-order valence-corrected chi connectivity index (χ1v) is 13.5. The van der Waals surface area contributed by atoms with Crippen molar-refractivity contribution in [3.8, 4) is 16.8 Å². The first-order valence-electron chi connectivity index (χ1n) is 13.5. The number of benzene rings is 5. The topological polar surface area (TPSA) is 61.2 Å². The minimum atomic E-state index is -0.0164. The molecule has 0 saturated heterocycles. The highest BCUT2D eigenvalue weighted by molar-refractivity contribution is 6.27. The average molecular weight is 529 g/mol. The molecule has 0 spiro atoms. The highest BCUT2D eigenvalue weighted by Crippen LogP contribution is 2.41. The van der Waals surface area contributed by atoms with Gasteiger partial charge in [-0.15, -0.1) is 0 Å². The summed E-state index contributed by atoms with van der Waals surface area (Å²) < 4.78 is 14.5. The number of pyridine rings is 1. The first-order chi connectivity index (χ1) is 20.2. The number of aromatic nitrogens is 2. The molecule has 5 heteroatoms. The van der Waals surface area contributed by atoms with Gasteiger partial charge in [0, 0.05) is 39.6 Å². The fourth-order valence-corrected chi connectivity index (χ4v) is 6.23. The Hall–Kier alpha value is -5.68. The second-order valence-electron chi connectivity index (χ2n) is 10.3. The lowest BCUT2D eigenvalue weighted by Crippen LogP contribution is -2.02. The fourth-order valence-electron chi connectivity index (χ4n) is 6.23. The molecule has 0 aliphatic rings. The molecule has 0 bridgehead atoms. The van der Waals surface area contributed by atoms with E-state index in [9.17, 15) is 4.79 Å². The maximum atomic E-state index is 13.2. The van der Waals surface area contributed by atoms with E-state index in [1.54, 1.807) is 0 Å². The molecule has 4 aromatic heterocycles. The highest BCUT2D eigenvalue weighted by Gasteiger charge is 2.18. The van der Waals surface area contributed by atoms with Crippen molar-refractivity contribution in [1.29, 1.82) is 0 Å². The van der Waals surface area contributed by atoms with Crippen LogP contribution in [0, 0.1) is 0 Å². The third-order valence-corrected chi connectivity index (χ3v) is 8.11. The first kappa shape index (κ1) is 22.2. The van der Waals surface area contributed by atoms with Crippen molar-refractivity contribution in [3.63, 3.8) is 0 Å². The van der Waals surface area contributed by atoms with Crippen molar-refractivity contribution in [2.45, 2.75) is 0 Å². The van der Waals surface area contributed by atoms with E-state index < -0.39 is 0 Å². The van der Waals surface area contributed by atoms with Crippen LogP contribution in [-0.4, -0.2) is 9.55 Å². The molecular formula is C36H20N2O3. The summed E-state index contributed by atoms with van der Waals surface area (Å²) in [5.41, 5.74) is 8.11. The normalized spacial score (nSPS) is 12.0. The number of fused-ring (bicyclic) bond motifs is 9. The van der Waals surface area contributed by atoms with Gasteiger partial charge in [0.2, 0.25) is 5.43 Å². The van der Waals surface area contributed by atoms with Gasteiger partial charge in [0.1, 0.15) is 22.3 Å². The van der Waals surface area contributed by atoms with Crippen LogP contribution in [0.1, 0.15) is 0 Å². The van der Waals surface area contributed by atoms with Gasteiger partial charge in [0.15, 0.2) is 0 Å². The molecule has 192 valence electrons. The quantitative estimate of drug-likeness (QED) is 0.210. The molecular weight excluding hydrogens is 508 g/mol. The number of para-hydroxylation sites is 2. The van der Waals surface area contributed by atoms with Gasteiger partial charge in [-0.05, 0) is 71.8 Å². The molecule has 9 aromatic rings. The second kappa shape index (κ2) is 8.16. The maximum Gasteiger partial charge on any atom is 0.200 e. The SMILES string of the molecule is O=c1c2ccccc2oc2ccc(-c3ccc(-n4c5ccncc5c5c6c(ccc54)oc4ccccc46)cc3)cc12. The van der Waals surface area contributed by atoms with Crippen LogP contribution in [0.4, 0.5) is 0 Å². The molecule has 0 aliphatic carbocycles. The summed E-state index contributed by atoms with van der Waals surface area (Å²) >= 11 is 0. The van der Waals surface area contributed by atoms with Gasteiger partial charge in [0.05, 0.1) is 21.8 Å². The Morgan fingerprint density at radius 3 is 2.07 bits per heavy atom. The molecule has 0 N–H and O–H groups in total. The van der Waals surface area contributed by atoms with E-state index in [-0.39, 0.29) is 5.43 Å². The number of hydrogen-bond acceptors (Lipinski definition) is 4. The van der Waals surface area contributed by atoms with Gasteiger partial charge in [0.25, 0.3) is 0 Å². The van der Waals surface area contributed by atoms with Crippen molar-refractivity contribution in [3.05, 3.63) is 132 Å². The average Bonchev–Trinajstić information content (AvgIpc) is 3.57. The third-order valence-electron chi connectivity index (χ3n) is 8.11. The number of hydrogen-bond donors (Lipinski definition) is 0. The Labute approximate surface area is 232 Å². The van der Waals surface area contributed by atoms with Crippen LogP contribution in [0.5, 0.6) is 0 Å². The minimum Gasteiger partial charge on any atom is -0.456 e. The Kier molecular flexibility index (Phi) is 4.41. The Balaban J connectivity index is 1.23. The standard InChI is InChI=1S/C36H20N2O3/c39-36-25-6-2-4-8-31(25)40-32-15-11-22(19-26(32)36)21-9-12-23(13-10-21)38-28-17-18-37-20-27(28)34-29(38)14-16-33-35(34)24-5-1-3-7-30(24)41-33/h1-20H. The van der Waals surface area contributed by atoms with Gasteiger partial charge >= 0.3 is 0 Å². The number of furan rings is 1. The van der Waals surface area contributed by atoms with Crippen LogP contribution < -0.4 is 5.43 Å². The van der Waals surface area contributed by atoms with E-state index in [2.05, 4.69) is 58.1 Å². The molecule has 0 amide bonds. The largest absolute Gasteiger partial charge is 0.456 e. The zero-order valence-electron chi connectivity index (χ0n) is 21.7. The zero-order valence-corrected chi connectivity index (χ0v) is 21.7. The van der Waals surface area contributed by atoms with Gasteiger partial charge in [-0.2, -0.15) is 0 Å². The van der Waals surface area contributed by atoms with Crippen molar-refractivity contribution < 1.29 is 8.83 Å². The molecule has 0 aliphatic heterocycles.